The third-order valence-corrected chi connectivity index (χ3v) is 10.8. The summed E-state index contributed by atoms with van der Waals surface area (Å²) >= 11 is 18.6. The maximum atomic E-state index is 14.1. The molecular formula is C34H22Br3ClN2O2S. The monoisotopic (exact) mass is 794 g/mol. The zero-order valence-corrected chi connectivity index (χ0v) is 28.8. The molecule has 4 nitrogen and oxygen atoms in total. The number of ether oxygens (including phenoxy) is 1. The minimum atomic E-state index is -0.214. The topological polar surface area (TPSA) is 43.6 Å². The van der Waals surface area contributed by atoms with Gasteiger partial charge in [0.2, 0.25) is 0 Å². The van der Waals surface area contributed by atoms with E-state index in [9.17, 15) is 4.79 Å². The number of aryl methyl sites for hydroxylation is 1. The van der Waals surface area contributed by atoms with Crippen molar-refractivity contribution in [3.05, 3.63) is 156 Å². The number of hydrogen-bond acceptors (Lipinski definition) is 4. The number of thiazole rings is 1. The molecule has 0 radical (unpaired) electrons. The molecule has 0 saturated heterocycles. The zero-order valence-electron chi connectivity index (χ0n) is 22.5. The molecule has 1 atom stereocenters. The standard InChI is InChI=1S/C34H22Br3ClN2O2S/c35-23-12-9-21(10-13-23)31-25-14-11-20-5-1-3-7-24(20)30(25)39-34-40(31)33(41)29(43-34)17-19-15-26(36)32(27(37)16-19)42-18-22-6-2-4-8-28(22)38/h1-10,12-13,15-17,31H,11,14,18H2/b29-17+/t31-/m0/s1. The van der Waals surface area contributed by atoms with Crippen molar-refractivity contribution in [1.29, 1.82) is 0 Å². The molecule has 0 amide bonds. The third kappa shape index (κ3) is 5.53. The van der Waals surface area contributed by atoms with Crippen LogP contribution in [0.3, 0.4) is 0 Å². The Hall–Kier alpha value is -2.75. The molecule has 43 heavy (non-hydrogen) atoms. The molecule has 4 aromatic carbocycles. The molecule has 0 N–H and O–H groups in total. The van der Waals surface area contributed by atoms with Gasteiger partial charge in [-0.1, -0.05) is 93.5 Å². The van der Waals surface area contributed by atoms with Gasteiger partial charge in [-0.25, -0.2) is 4.99 Å². The molecular weight excluding hydrogens is 776 g/mol. The summed E-state index contributed by atoms with van der Waals surface area (Å²) in [4.78, 5) is 19.9. The first-order valence-corrected chi connectivity index (χ1v) is 17.2. The van der Waals surface area contributed by atoms with Crippen molar-refractivity contribution in [2.75, 3.05) is 0 Å². The second kappa shape index (κ2) is 12.0. The number of aromatic nitrogens is 1. The molecule has 0 unspecified atom stereocenters. The van der Waals surface area contributed by atoms with Crippen LogP contribution in [-0.4, -0.2) is 4.57 Å². The zero-order chi connectivity index (χ0) is 29.7. The molecule has 9 heteroatoms. The Labute approximate surface area is 282 Å². The van der Waals surface area contributed by atoms with Gasteiger partial charge < -0.3 is 4.74 Å². The largest absolute Gasteiger partial charge is 0.486 e. The van der Waals surface area contributed by atoms with Crippen molar-refractivity contribution in [2.45, 2.75) is 25.5 Å². The van der Waals surface area contributed by atoms with E-state index in [4.69, 9.17) is 21.3 Å². The van der Waals surface area contributed by atoms with Crippen molar-refractivity contribution in [3.8, 4) is 5.75 Å². The van der Waals surface area contributed by atoms with Crippen LogP contribution in [-0.2, 0) is 13.0 Å². The van der Waals surface area contributed by atoms with Gasteiger partial charge in [-0.2, -0.15) is 0 Å². The Kier molecular flexibility index (Phi) is 8.07. The van der Waals surface area contributed by atoms with Gasteiger partial charge in [0, 0.05) is 20.6 Å². The van der Waals surface area contributed by atoms with E-state index in [1.807, 2.05) is 59.2 Å². The number of allylic oxidation sites excluding steroid dienone is 1. The van der Waals surface area contributed by atoms with Gasteiger partial charge >= 0.3 is 0 Å². The summed E-state index contributed by atoms with van der Waals surface area (Å²) in [7, 11) is 0. The number of benzene rings is 4. The van der Waals surface area contributed by atoms with Crippen LogP contribution in [0.5, 0.6) is 5.75 Å². The third-order valence-electron chi connectivity index (χ3n) is 7.71. The summed E-state index contributed by atoms with van der Waals surface area (Å²) in [5.74, 6) is 0.667. The lowest BCUT2D eigenvalue weighted by atomic mass is 9.83. The van der Waals surface area contributed by atoms with Gasteiger partial charge in [0.25, 0.3) is 5.56 Å². The maximum absolute atomic E-state index is 14.1. The molecule has 1 aromatic heterocycles. The van der Waals surface area contributed by atoms with Crippen LogP contribution >= 0.6 is 70.7 Å². The SMILES string of the molecule is O=c1/c(=C\c2cc(Br)c(OCc3ccccc3Cl)c(Br)c2)sc2n1[C@@H](c1ccc(Br)cc1)C1=C(N=2)c2ccccc2CC1. The fraction of sp³-hybridized carbons (Fsp3) is 0.118. The van der Waals surface area contributed by atoms with Crippen LogP contribution in [0.1, 0.15) is 40.3 Å². The van der Waals surface area contributed by atoms with Crippen molar-refractivity contribution in [3.63, 3.8) is 0 Å². The Morgan fingerprint density at radius 2 is 1.67 bits per heavy atom. The highest BCUT2D eigenvalue weighted by Gasteiger charge is 2.32. The lowest BCUT2D eigenvalue weighted by Crippen LogP contribution is -2.38. The first-order valence-electron chi connectivity index (χ1n) is 13.6. The molecule has 1 aliphatic carbocycles. The lowest BCUT2D eigenvalue weighted by Gasteiger charge is -2.30. The number of halogens is 4. The fourth-order valence-corrected chi connectivity index (χ4v) is 8.59. The van der Waals surface area contributed by atoms with Gasteiger partial charge in [0.1, 0.15) is 12.4 Å². The van der Waals surface area contributed by atoms with Gasteiger partial charge in [0.15, 0.2) is 4.80 Å². The van der Waals surface area contributed by atoms with Gasteiger partial charge in [0.05, 0.1) is 25.2 Å². The average Bonchev–Trinajstić information content (AvgIpc) is 3.31. The van der Waals surface area contributed by atoms with E-state index < -0.39 is 0 Å². The number of fused-ring (bicyclic) bond motifs is 3. The highest BCUT2D eigenvalue weighted by atomic mass is 79.9. The van der Waals surface area contributed by atoms with E-state index >= 15 is 0 Å². The van der Waals surface area contributed by atoms with E-state index in [0.29, 0.717) is 26.7 Å². The first kappa shape index (κ1) is 29.0. The number of rotatable bonds is 5. The second-order valence-electron chi connectivity index (χ2n) is 10.4. The summed E-state index contributed by atoms with van der Waals surface area (Å²) < 4.78 is 11.1. The van der Waals surface area contributed by atoms with Crippen molar-refractivity contribution < 1.29 is 4.74 Å². The van der Waals surface area contributed by atoms with E-state index in [-0.39, 0.29) is 11.6 Å². The van der Waals surface area contributed by atoms with Crippen molar-refractivity contribution >= 4 is 82.5 Å². The quantitative estimate of drug-likeness (QED) is 0.179. The Morgan fingerprint density at radius 3 is 2.44 bits per heavy atom. The summed E-state index contributed by atoms with van der Waals surface area (Å²) in [6.07, 6.45) is 3.71. The van der Waals surface area contributed by atoms with Crippen LogP contribution in [0.25, 0.3) is 11.8 Å². The number of hydrogen-bond donors (Lipinski definition) is 0. The predicted octanol–water partition coefficient (Wildman–Crippen LogP) is 8.84. The molecule has 2 aliphatic rings. The molecule has 7 rings (SSSR count). The minimum Gasteiger partial charge on any atom is -0.486 e. The van der Waals surface area contributed by atoms with Crippen molar-refractivity contribution in [2.24, 2.45) is 4.99 Å². The molecule has 2 heterocycles. The van der Waals surface area contributed by atoms with E-state index in [1.54, 1.807) is 0 Å². The summed E-state index contributed by atoms with van der Waals surface area (Å²) in [6, 6.07) is 28.0. The van der Waals surface area contributed by atoms with Gasteiger partial charge in [-0.05, 0) is 103 Å². The first-order chi connectivity index (χ1) is 20.9. The Balaban J connectivity index is 1.32. The lowest BCUT2D eigenvalue weighted by molar-refractivity contribution is 0.302. The van der Waals surface area contributed by atoms with Crippen LogP contribution in [0, 0.1) is 0 Å². The smallest absolute Gasteiger partial charge is 0.271 e. The van der Waals surface area contributed by atoms with E-state index in [1.165, 1.54) is 22.5 Å². The summed E-state index contributed by atoms with van der Waals surface area (Å²) in [5, 5.41) is 0.661. The molecule has 0 spiro atoms. The molecule has 0 fully saturated rings. The summed E-state index contributed by atoms with van der Waals surface area (Å²) in [5.41, 5.74) is 7.42. The number of nitrogens with zero attached hydrogens (tertiary/aromatic N) is 2. The van der Waals surface area contributed by atoms with Crippen LogP contribution < -0.4 is 19.6 Å². The molecule has 0 saturated carbocycles. The predicted molar refractivity (Wildman–Crippen MR) is 185 cm³/mol. The fourth-order valence-electron chi connectivity index (χ4n) is 5.68. The normalized spacial score (nSPS) is 15.9. The molecule has 0 bridgehead atoms. The minimum absolute atomic E-state index is 0.0478. The van der Waals surface area contributed by atoms with Crippen molar-refractivity contribution in [1.82, 2.24) is 4.57 Å². The molecule has 1 aliphatic heterocycles. The second-order valence-corrected chi connectivity index (χ2v) is 14.4. The molecule has 5 aromatic rings. The maximum Gasteiger partial charge on any atom is 0.271 e. The Bertz CT molecular complexity index is 2100. The summed E-state index contributed by atoms with van der Waals surface area (Å²) in [6.45, 7) is 0.332. The van der Waals surface area contributed by atoms with E-state index in [2.05, 4.69) is 84.2 Å². The van der Waals surface area contributed by atoms with Gasteiger partial charge in [-0.15, -0.1) is 0 Å². The van der Waals surface area contributed by atoms with Crippen LogP contribution in [0.4, 0.5) is 0 Å². The Morgan fingerprint density at radius 1 is 0.953 bits per heavy atom. The molecule has 214 valence electrons. The average molecular weight is 798 g/mol. The van der Waals surface area contributed by atoms with Crippen LogP contribution in [0.15, 0.2) is 114 Å². The van der Waals surface area contributed by atoms with Crippen LogP contribution in [0.2, 0.25) is 5.02 Å². The van der Waals surface area contributed by atoms with E-state index in [0.717, 1.165) is 54.2 Å². The van der Waals surface area contributed by atoms with Gasteiger partial charge in [-0.3, -0.25) is 9.36 Å². The highest BCUT2D eigenvalue weighted by Crippen LogP contribution is 2.41. The highest BCUT2D eigenvalue weighted by molar-refractivity contribution is 9.11.